The van der Waals surface area contributed by atoms with Crippen LogP contribution in [0.25, 0.3) is 0 Å². The van der Waals surface area contributed by atoms with Crippen LogP contribution in [0, 0.1) is 13.8 Å². The monoisotopic (exact) mass is 376 g/mol. The van der Waals surface area contributed by atoms with Crippen molar-refractivity contribution >= 4 is 31.0 Å². The fourth-order valence-corrected chi connectivity index (χ4v) is 4.21. The first kappa shape index (κ1) is 19.9. The van der Waals surface area contributed by atoms with E-state index in [9.17, 15) is 4.79 Å². The van der Waals surface area contributed by atoms with Crippen LogP contribution >= 0.6 is 20.2 Å². The second kappa shape index (κ2) is 9.94. The topological polar surface area (TPSA) is 26.3 Å². The third-order valence-electron chi connectivity index (χ3n) is 4.16. The van der Waals surface area contributed by atoms with Gasteiger partial charge in [-0.3, -0.25) is 4.79 Å². The van der Waals surface area contributed by atoms with Gasteiger partial charge in [0.15, 0.2) is 5.52 Å². The van der Waals surface area contributed by atoms with Crippen LogP contribution in [0.5, 0.6) is 5.75 Å². The predicted molar refractivity (Wildman–Crippen MR) is 109 cm³/mol. The summed E-state index contributed by atoms with van der Waals surface area (Å²) < 4.78 is 5.81. The molecule has 25 heavy (non-hydrogen) atoms. The van der Waals surface area contributed by atoms with Crippen LogP contribution < -0.4 is 10.0 Å². The molecule has 0 N–H and O–H groups in total. The molecular formula is C21H26ClO2P. The van der Waals surface area contributed by atoms with Crippen LogP contribution in [0.15, 0.2) is 36.4 Å². The maximum absolute atomic E-state index is 12.7. The van der Waals surface area contributed by atoms with Crippen molar-refractivity contribution in [2.75, 3.05) is 6.61 Å². The van der Waals surface area contributed by atoms with E-state index in [2.05, 4.69) is 6.92 Å². The summed E-state index contributed by atoms with van der Waals surface area (Å²) in [6.45, 7) is 6.90. The molecule has 2 nitrogen and oxygen atoms in total. The summed E-state index contributed by atoms with van der Waals surface area (Å²) in [5, 5.41) is 1.57. The van der Waals surface area contributed by atoms with E-state index in [1.165, 1.54) is 19.3 Å². The van der Waals surface area contributed by atoms with Crippen molar-refractivity contribution < 1.29 is 9.53 Å². The average molecular weight is 377 g/mol. The molecule has 1 atom stereocenters. The molecule has 1 unspecified atom stereocenters. The first-order valence-electron chi connectivity index (χ1n) is 8.83. The zero-order chi connectivity index (χ0) is 18.2. The van der Waals surface area contributed by atoms with Crippen molar-refractivity contribution in [1.82, 2.24) is 0 Å². The molecule has 0 aliphatic carbocycles. The van der Waals surface area contributed by atoms with Crippen molar-refractivity contribution in [3.63, 3.8) is 0 Å². The minimum atomic E-state index is 0.0670. The number of carbonyl (C=O) groups is 1. The Bertz CT molecular complexity index is 708. The van der Waals surface area contributed by atoms with Gasteiger partial charge in [-0.2, -0.15) is 0 Å². The molecule has 2 aromatic rings. The van der Waals surface area contributed by atoms with Gasteiger partial charge in [0.1, 0.15) is 5.75 Å². The molecule has 0 amide bonds. The highest BCUT2D eigenvalue weighted by Crippen LogP contribution is 2.29. The maximum Gasteiger partial charge on any atom is 0.187 e. The van der Waals surface area contributed by atoms with Crippen molar-refractivity contribution in [3.05, 3.63) is 58.1 Å². The lowest BCUT2D eigenvalue weighted by Crippen LogP contribution is -2.07. The zero-order valence-corrected chi connectivity index (χ0v) is 17.0. The summed E-state index contributed by atoms with van der Waals surface area (Å²) in [5.41, 5.74) is 2.73. The molecule has 0 saturated carbocycles. The van der Waals surface area contributed by atoms with Crippen LogP contribution in [-0.4, -0.2) is 12.1 Å². The van der Waals surface area contributed by atoms with Crippen molar-refractivity contribution in [3.8, 4) is 5.75 Å². The number of aryl methyl sites for hydroxylation is 2. The smallest absolute Gasteiger partial charge is 0.187 e. The Hall–Kier alpha value is -1.37. The summed E-state index contributed by atoms with van der Waals surface area (Å²) in [6.07, 6.45) is 4.78. The highest BCUT2D eigenvalue weighted by molar-refractivity contribution is 7.66. The number of halogens is 1. The third kappa shape index (κ3) is 5.83. The predicted octanol–water partition coefficient (Wildman–Crippen LogP) is 6.06. The van der Waals surface area contributed by atoms with Gasteiger partial charge in [0.25, 0.3) is 0 Å². The van der Waals surface area contributed by atoms with Gasteiger partial charge in [-0.15, -0.1) is 0 Å². The molecule has 0 aromatic heterocycles. The first-order valence-corrected chi connectivity index (χ1v) is 10.2. The highest BCUT2D eigenvalue weighted by atomic mass is 35.5. The fourth-order valence-electron chi connectivity index (χ4n) is 2.69. The molecule has 134 valence electrons. The molecule has 0 aliphatic rings. The molecule has 0 bridgehead atoms. The van der Waals surface area contributed by atoms with Crippen molar-refractivity contribution in [1.29, 1.82) is 0 Å². The molecule has 2 aromatic carbocycles. The van der Waals surface area contributed by atoms with Gasteiger partial charge in [0.05, 0.1) is 11.6 Å². The number of unbranched alkanes of at least 4 members (excludes halogenated alkanes) is 3. The summed E-state index contributed by atoms with van der Waals surface area (Å²) in [7, 11) is 0.0670. The lowest BCUT2D eigenvalue weighted by atomic mass is 10.1. The van der Waals surface area contributed by atoms with Gasteiger partial charge in [-0.25, -0.2) is 0 Å². The minimum absolute atomic E-state index is 0.0670. The van der Waals surface area contributed by atoms with Gasteiger partial charge in [-0.1, -0.05) is 56.0 Å². The Kier molecular flexibility index (Phi) is 7.93. The lowest BCUT2D eigenvalue weighted by Gasteiger charge is -2.11. The Morgan fingerprint density at radius 3 is 2.56 bits per heavy atom. The normalized spacial score (nSPS) is 11.2. The quantitative estimate of drug-likeness (QED) is 0.392. The second-order valence-corrected chi connectivity index (χ2v) is 7.92. The molecule has 2 rings (SSSR count). The third-order valence-corrected chi connectivity index (χ3v) is 5.78. The number of hydrogen-bond donors (Lipinski definition) is 0. The van der Waals surface area contributed by atoms with E-state index in [1.54, 1.807) is 6.07 Å². The van der Waals surface area contributed by atoms with Crippen LogP contribution in [0.3, 0.4) is 0 Å². The first-order chi connectivity index (χ1) is 12.0. The molecule has 0 saturated heterocycles. The van der Waals surface area contributed by atoms with Crippen LogP contribution in [-0.2, 0) is 0 Å². The lowest BCUT2D eigenvalue weighted by molar-refractivity contribution is 0.108. The summed E-state index contributed by atoms with van der Waals surface area (Å²) in [4.78, 5) is 12.7. The van der Waals surface area contributed by atoms with E-state index >= 15 is 0 Å². The summed E-state index contributed by atoms with van der Waals surface area (Å²) in [5.74, 6) is 0.879. The maximum atomic E-state index is 12.7. The molecule has 0 aliphatic heterocycles. The van der Waals surface area contributed by atoms with E-state index < -0.39 is 0 Å². The molecule has 0 fully saturated rings. The number of ether oxygens (including phenoxy) is 1. The average Bonchev–Trinajstić information content (AvgIpc) is 2.57. The number of carbonyl (C=O) groups excluding carboxylic acids is 1. The summed E-state index contributed by atoms with van der Waals surface area (Å²) >= 11 is 6.21. The van der Waals surface area contributed by atoms with E-state index in [4.69, 9.17) is 16.3 Å². The molecule has 0 heterocycles. The van der Waals surface area contributed by atoms with Crippen LogP contribution in [0.4, 0.5) is 0 Å². The molecule has 4 heteroatoms. The number of hydrogen-bond acceptors (Lipinski definition) is 2. The van der Waals surface area contributed by atoms with Gasteiger partial charge in [0.2, 0.25) is 0 Å². The fraction of sp³-hybridized carbons (Fsp3) is 0.381. The van der Waals surface area contributed by atoms with Gasteiger partial charge in [0, 0.05) is 5.56 Å². The highest BCUT2D eigenvalue weighted by Gasteiger charge is 2.15. The largest absolute Gasteiger partial charge is 0.494 e. The van der Waals surface area contributed by atoms with Crippen molar-refractivity contribution in [2.24, 2.45) is 0 Å². The SMILES string of the molecule is CCCCCCOc1ccc(PC(=O)c2c(C)cccc2Cl)c(C)c1. The van der Waals surface area contributed by atoms with Gasteiger partial charge in [-0.05, 0) is 63.5 Å². The zero-order valence-electron chi connectivity index (χ0n) is 15.2. The van der Waals surface area contributed by atoms with Crippen LogP contribution in [0.1, 0.15) is 54.1 Å². The number of rotatable bonds is 9. The Labute approximate surface area is 157 Å². The Morgan fingerprint density at radius 1 is 1.08 bits per heavy atom. The molecule has 0 spiro atoms. The Balaban J connectivity index is 2.00. The van der Waals surface area contributed by atoms with Gasteiger partial charge < -0.3 is 4.74 Å². The van der Waals surface area contributed by atoms with E-state index in [-0.39, 0.29) is 14.1 Å². The van der Waals surface area contributed by atoms with E-state index in [0.717, 1.165) is 35.2 Å². The minimum Gasteiger partial charge on any atom is -0.494 e. The van der Waals surface area contributed by atoms with E-state index in [0.29, 0.717) is 10.6 Å². The van der Waals surface area contributed by atoms with Crippen molar-refractivity contribution in [2.45, 2.75) is 46.5 Å². The Morgan fingerprint density at radius 2 is 1.88 bits per heavy atom. The van der Waals surface area contributed by atoms with E-state index in [1.807, 2.05) is 44.2 Å². The second-order valence-electron chi connectivity index (χ2n) is 6.27. The number of benzene rings is 2. The summed E-state index contributed by atoms with van der Waals surface area (Å²) in [6, 6.07) is 11.5. The molecule has 0 radical (unpaired) electrons. The standard InChI is InChI=1S/C21H26ClO2P/c1-4-5-6-7-13-24-17-11-12-19(16(3)14-17)25-21(23)20-15(2)9-8-10-18(20)22/h8-12,14,25H,4-7,13H2,1-3H3. The molecular weight excluding hydrogens is 351 g/mol. The van der Waals surface area contributed by atoms with Crippen LogP contribution in [0.2, 0.25) is 5.02 Å². The van der Waals surface area contributed by atoms with Gasteiger partial charge >= 0.3 is 0 Å².